The van der Waals surface area contributed by atoms with Crippen molar-refractivity contribution in [2.45, 2.75) is 62.7 Å². The number of rotatable bonds is 14. The molecule has 4 unspecified atom stereocenters. The standard InChI is InChI=1S/C31H40N8O6/c32-22(16-19-17-36-23-6-2-1-5-21(19)23)27(41)38-25(15-18-9-11-20(40)12-10-18)28(42)37-24(7-3-13-35-31(33)34)29(43)39-14-4-8-26(39)30(44)45/h1-2,5-6,9-12,17,22,24-26,36,40H,3-4,7-8,13-16,32H2,(H,37,42)(H,38,41)(H,44,45)(H4,33,34,35). The van der Waals surface area contributed by atoms with Crippen LogP contribution in [-0.4, -0.2) is 87.0 Å². The van der Waals surface area contributed by atoms with Gasteiger partial charge < -0.3 is 47.9 Å². The molecule has 0 aliphatic carbocycles. The summed E-state index contributed by atoms with van der Waals surface area (Å²) in [5, 5.41) is 25.8. The van der Waals surface area contributed by atoms with E-state index in [9.17, 15) is 29.4 Å². The number of phenolic OH excluding ortho intramolecular Hbond substituents is 1. The van der Waals surface area contributed by atoms with Crippen LogP contribution in [0.3, 0.4) is 0 Å². The number of nitrogens with one attached hydrogen (secondary N) is 3. The second kappa shape index (κ2) is 15.1. The number of aromatic amines is 1. The molecule has 0 saturated carbocycles. The fraction of sp³-hybridized carbons (Fsp3) is 0.387. The molecule has 14 nitrogen and oxygen atoms in total. The maximum atomic E-state index is 13.8. The van der Waals surface area contributed by atoms with Crippen LogP contribution in [0.25, 0.3) is 10.9 Å². The summed E-state index contributed by atoms with van der Waals surface area (Å²) in [6.07, 6.45) is 3.32. The Morgan fingerprint density at radius 1 is 1.00 bits per heavy atom. The number of aromatic nitrogens is 1. The maximum absolute atomic E-state index is 13.8. The average molecular weight is 621 g/mol. The highest BCUT2D eigenvalue weighted by Gasteiger charge is 2.38. The minimum absolute atomic E-state index is 0.0357. The largest absolute Gasteiger partial charge is 0.508 e. The number of hydrogen-bond donors (Lipinski definition) is 8. The summed E-state index contributed by atoms with van der Waals surface area (Å²) in [5.74, 6) is -2.96. The van der Waals surface area contributed by atoms with E-state index >= 15 is 0 Å². The van der Waals surface area contributed by atoms with Crippen molar-refractivity contribution in [2.75, 3.05) is 13.1 Å². The first-order valence-electron chi connectivity index (χ1n) is 14.8. The number of nitrogens with two attached hydrogens (primary N) is 3. The number of H-pyrrole nitrogens is 1. The highest BCUT2D eigenvalue weighted by molar-refractivity contribution is 5.94. The van der Waals surface area contributed by atoms with Gasteiger partial charge in [-0.2, -0.15) is 0 Å². The van der Waals surface area contributed by atoms with Crippen LogP contribution in [0.5, 0.6) is 5.75 Å². The molecule has 1 aromatic heterocycles. The van der Waals surface area contributed by atoms with Crippen molar-refractivity contribution in [3.63, 3.8) is 0 Å². The highest BCUT2D eigenvalue weighted by atomic mass is 16.4. The number of benzene rings is 2. The Morgan fingerprint density at radius 2 is 1.71 bits per heavy atom. The number of phenols is 1. The number of para-hydroxylation sites is 1. The Bertz CT molecular complexity index is 1530. The third-order valence-corrected chi connectivity index (χ3v) is 7.84. The van der Waals surface area contributed by atoms with Crippen molar-refractivity contribution < 1.29 is 29.4 Å². The summed E-state index contributed by atoms with van der Waals surface area (Å²) in [6.45, 7) is 0.438. The highest BCUT2D eigenvalue weighted by Crippen LogP contribution is 2.21. The molecular formula is C31H40N8O6. The smallest absolute Gasteiger partial charge is 0.326 e. The number of amides is 3. The lowest BCUT2D eigenvalue weighted by atomic mass is 10.0. The topological polar surface area (TPSA) is 242 Å². The summed E-state index contributed by atoms with van der Waals surface area (Å²) < 4.78 is 0. The first-order valence-corrected chi connectivity index (χ1v) is 14.8. The van der Waals surface area contributed by atoms with E-state index in [1.807, 2.05) is 24.3 Å². The van der Waals surface area contributed by atoms with E-state index in [0.717, 1.165) is 16.5 Å². The summed E-state index contributed by atoms with van der Waals surface area (Å²) in [7, 11) is 0. The molecule has 1 saturated heterocycles. The van der Waals surface area contributed by atoms with Gasteiger partial charge in [-0.1, -0.05) is 30.3 Å². The van der Waals surface area contributed by atoms with Gasteiger partial charge in [-0.15, -0.1) is 0 Å². The normalized spacial score (nSPS) is 16.5. The van der Waals surface area contributed by atoms with E-state index in [1.165, 1.54) is 17.0 Å². The zero-order valence-electron chi connectivity index (χ0n) is 24.8. The van der Waals surface area contributed by atoms with Crippen LogP contribution < -0.4 is 27.8 Å². The van der Waals surface area contributed by atoms with E-state index in [1.54, 1.807) is 18.3 Å². The van der Waals surface area contributed by atoms with Crippen LogP contribution >= 0.6 is 0 Å². The number of carbonyl (C=O) groups is 4. The number of carbonyl (C=O) groups excluding carboxylic acids is 3. The maximum Gasteiger partial charge on any atom is 0.326 e. The van der Waals surface area contributed by atoms with E-state index in [-0.39, 0.29) is 44.1 Å². The van der Waals surface area contributed by atoms with Crippen LogP contribution in [0.2, 0.25) is 0 Å². The van der Waals surface area contributed by atoms with Gasteiger partial charge in [0.2, 0.25) is 17.7 Å². The third kappa shape index (κ3) is 8.72. The van der Waals surface area contributed by atoms with Gasteiger partial charge in [-0.25, -0.2) is 4.79 Å². The number of hydrogen-bond acceptors (Lipinski definition) is 7. The second-order valence-electron chi connectivity index (χ2n) is 11.1. The van der Waals surface area contributed by atoms with Gasteiger partial charge in [0.15, 0.2) is 5.96 Å². The minimum Gasteiger partial charge on any atom is -0.508 e. The minimum atomic E-state index is -1.14. The number of nitrogens with zero attached hydrogens (tertiary/aromatic N) is 2. The van der Waals surface area contributed by atoms with Gasteiger partial charge in [0.1, 0.15) is 23.9 Å². The number of aromatic hydroxyl groups is 1. The number of aliphatic carboxylic acids is 1. The number of likely N-dealkylation sites (tertiary alicyclic amines) is 1. The molecule has 4 rings (SSSR count). The van der Waals surface area contributed by atoms with E-state index < -0.39 is 47.9 Å². The van der Waals surface area contributed by atoms with Crippen molar-refractivity contribution >= 4 is 40.6 Å². The molecule has 0 spiro atoms. The molecule has 0 radical (unpaired) electrons. The zero-order chi connectivity index (χ0) is 32.5. The summed E-state index contributed by atoms with van der Waals surface area (Å²) in [5.41, 5.74) is 19.5. The SMILES string of the molecule is NC(N)=NCCCC(NC(=O)C(Cc1ccc(O)cc1)NC(=O)C(N)Cc1c[nH]c2ccccc12)C(=O)N1CCCC1C(=O)O. The Morgan fingerprint density at radius 3 is 2.42 bits per heavy atom. The van der Waals surface area contributed by atoms with Crippen LogP contribution in [0.15, 0.2) is 59.7 Å². The first-order chi connectivity index (χ1) is 21.5. The fourth-order valence-electron chi connectivity index (χ4n) is 5.51. The van der Waals surface area contributed by atoms with Crippen LogP contribution in [0.1, 0.15) is 36.8 Å². The monoisotopic (exact) mass is 620 g/mol. The number of fused-ring (bicyclic) bond motifs is 1. The molecule has 3 aromatic rings. The molecule has 2 aromatic carbocycles. The van der Waals surface area contributed by atoms with E-state index in [2.05, 4.69) is 20.6 Å². The molecule has 14 heteroatoms. The van der Waals surface area contributed by atoms with Crippen molar-refractivity contribution in [3.05, 3.63) is 65.9 Å². The summed E-state index contributed by atoms with van der Waals surface area (Å²) >= 11 is 0. The molecule has 11 N–H and O–H groups in total. The second-order valence-corrected chi connectivity index (χ2v) is 11.1. The molecule has 3 amide bonds. The number of aliphatic imine (C=N–C) groups is 1. The van der Waals surface area contributed by atoms with Gasteiger partial charge >= 0.3 is 5.97 Å². The van der Waals surface area contributed by atoms with Crippen molar-refractivity contribution in [1.82, 2.24) is 20.5 Å². The van der Waals surface area contributed by atoms with Crippen molar-refractivity contribution in [2.24, 2.45) is 22.2 Å². The molecule has 240 valence electrons. The molecule has 1 fully saturated rings. The Balaban J connectivity index is 1.53. The fourth-order valence-corrected chi connectivity index (χ4v) is 5.51. The zero-order valence-corrected chi connectivity index (χ0v) is 24.8. The Kier molecular flexibility index (Phi) is 11.0. The van der Waals surface area contributed by atoms with Gasteiger partial charge in [0, 0.05) is 36.6 Å². The van der Waals surface area contributed by atoms with Gasteiger partial charge in [-0.3, -0.25) is 19.4 Å². The van der Waals surface area contributed by atoms with Crippen LogP contribution in [0, 0.1) is 0 Å². The first kappa shape index (κ1) is 32.8. The quantitative estimate of drug-likeness (QED) is 0.0690. The lowest BCUT2D eigenvalue weighted by molar-refractivity contribution is -0.149. The Hall–Kier alpha value is -5.11. The summed E-state index contributed by atoms with van der Waals surface area (Å²) in [6, 6.07) is 9.57. The van der Waals surface area contributed by atoms with E-state index in [4.69, 9.17) is 17.2 Å². The predicted molar refractivity (Wildman–Crippen MR) is 168 cm³/mol. The molecular weight excluding hydrogens is 580 g/mol. The third-order valence-electron chi connectivity index (χ3n) is 7.84. The average Bonchev–Trinajstić information content (AvgIpc) is 3.67. The van der Waals surface area contributed by atoms with Gasteiger partial charge in [0.25, 0.3) is 0 Å². The van der Waals surface area contributed by atoms with Crippen LogP contribution in [0.4, 0.5) is 0 Å². The van der Waals surface area contributed by atoms with Crippen molar-refractivity contribution in [3.8, 4) is 5.75 Å². The lowest BCUT2D eigenvalue weighted by Gasteiger charge is -2.29. The van der Waals surface area contributed by atoms with Gasteiger partial charge in [-0.05, 0) is 61.4 Å². The van der Waals surface area contributed by atoms with E-state index in [0.29, 0.717) is 24.8 Å². The lowest BCUT2D eigenvalue weighted by Crippen LogP contribution is -2.57. The molecule has 1 aliphatic rings. The molecule has 0 bridgehead atoms. The molecule has 45 heavy (non-hydrogen) atoms. The van der Waals surface area contributed by atoms with Crippen LogP contribution in [-0.2, 0) is 32.0 Å². The molecule has 4 atom stereocenters. The number of carboxylic acid groups (broad SMARTS) is 1. The van der Waals surface area contributed by atoms with Crippen molar-refractivity contribution in [1.29, 1.82) is 0 Å². The summed E-state index contributed by atoms with van der Waals surface area (Å²) in [4.78, 5) is 60.8. The molecule has 2 heterocycles. The number of carboxylic acids is 1. The number of guanidine groups is 1. The predicted octanol–water partition coefficient (Wildman–Crippen LogP) is 0.0848. The van der Waals surface area contributed by atoms with Gasteiger partial charge in [0.05, 0.1) is 6.04 Å². The Labute approximate surface area is 260 Å². The molecule has 1 aliphatic heterocycles.